The monoisotopic (exact) mass is 326 g/mol. The summed E-state index contributed by atoms with van der Waals surface area (Å²) in [5.74, 6) is -6.01. The third kappa shape index (κ3) is 2.81. The van der Waals surface area contributed by atoms with E-state index in [9.17, 15) is 13.6 Å². The van der Waals surface area contributed by atoms with E-state index in [0.29, 0.717) is 0 Å². The Balaban J connectivity index is 2.33. The quantitative estimate of drug-likeness (QED) is 0.913. The SMILES string of the molecule is O=C(O)C(F)(F)c1ccc(-c2ccc(Br)cc2)cc1. The zero-order valence-corrected chi connectivity index (χ0v) is 11.2. The van der Waals surface area contributed by atoms with Crippen molar-refractivity contribution < 1.29 is 18.7 Å². The van der Waals surface area contributed by atoms with Crippen LogP contribution in [0.25, 0.3) is 11.1 Å². The van der Waals surface area contributed by atoms with Crippen LogP contribution in [0.5, 0.6) is 0 Å². The molecule has 5 heteroatoms. The summed E-state index contributed by atoms with van der Waals surface area (Å²) in [5, 5.41) is 8.46. The summed E-state index contributed by atoms with van der Waals surface area (Å²) in [4.78, 5) is 10.5. The Kier molecular flexibility index (Phi) is 3.66. The third-order valence-electron chi connectivity index (χ3n) is 2.69. The molecule has 2 rings (SSSR count). The maximum Gasteiger partial charge on any atom is 0.379 e. The molecule has 0 fully saturated rings. The summed E-state index contributed by atoms with van der Waals surface area (Å²) in [6.45, 7) is 0. The van der Waals surface area contributed by atoms with Gasteiger partial charge in [0.25, 0.3) is 0 Å². The van der Waals surface area contributed by atoms with Crippen molar-refractivity contribution in [3.05, 3.63) is 58.6 Å². The maximum absolute atomic E-state index is 13.3. The second-order valence-corrected chi connectivity index (χ2v) is 4.88. The molecule has 0 radical (unpaired) electrons. The van der Waals surface area contributed by atoms with Crippen LogP contribution < -0.4 is 0 Å². The number of carboxylic acids is 1. The van der Waals surface area contributed by atoms with E-state index in [1.165, 1.54) is 12.1 Å². The van der Waals surface area contributed by atoms with Crippen LogP contribution in [-0.4, -0.2) is 11.1 Å². The number of halogens is 3. The number of hydrogen-bond donors (Lipinski definition) is 1. The molecule has 0 aromatic heterocycles. The molecule has 0 aliphatic carbocycles. The zero-order chi connectivity index (χ0) is 14.0. The molecule has 0 bridgehead atoms. The van der Waals surface area contributed by atoms with Crippen LogP contribution >= 0.6 is 15.9 Å². The van der Waals surface area contributed by atoms with Crippen molar-refractivity contribution in [3.63, 3.8) is 0 Å². The molecule has 0 heterocycles. The fourth-order valence-electron chi connectivity index (χ4n) is 1.64. The van der Waals surface area contributed by atoms with Crippen molar-refractivity contribution in [1.29, 1.82) is 0 Å². The molecule has 0 spiro atoms. The van der Waals surface area contributed by atoms with E-state index in [4.69, 9.17) is 5.11 Å². The van der Waals surface area contributed by atoms with E-state index in [1.54, 1.807) is 0 Å². The summed E-state index contributed by atoms with van der Waals surface area (Å²) in [6, 6.07) is 12.6. The fourth-order valence-corrected chi connectivity index (χ4v) is 1.90. The average Bonchev–Trinajstić information content (AvgIpc) is 2.39. The van der Waals surface area contributed by atoms with Gasteiger partial charge in [0, 0.05) is 10.0 Å². The second kappa shape index (κ2) is 5.09. The molecule has 98 valence electrons. The van der Waals surface area contributed by atoms with Crippen LogP contribution in [-0.2, 0) is 10.7 Å². The van der Waals surface area contributed by atoms with Gasteiger partial charge in [0.1, 0.15) is 0 Å². The van der Waals surface area contributed by atoms with Gasteiger partial charge in [-0.15, -0.1) is 0 Å². The number of hydrogen-bond acceptors (Lipinski definition) is 1. The zero-order valence-electron chi connectivity index (χ0n) is 9.61. The van der Waals surface area contributed by atoms with Gasteiger partial charge in [0.15, 0.2) is 0 Å². The fraction of sp³-hybridized carbons (Fsp3) is 0.0714. The van der Waals surface area contributed by atoms with Crippen molar-refractivity contribution in [2.45, 2.75) is 5.92 Å². The van der Waals surface area contributed by atoms with Crippen LogP contribution in [0.2, 0.25) is 0 Å². The Morgan fingerprint density at radius 3 is 1.79 bits per heavy atom. The van der Waals surface area contributed by atoms with E-state index in [-0.39, 0.29) is 0 Å². The maximum atomic E-state index is 13.3. The first kappa shape index (κ1) is 13.7. The molecule has 19 heavy (non-hydrogen) atoms. The molecular formula is C14H9BrF2O2. The Morgan fingerprint density at radius 1 is 0.947 bits per heavy atom. The highest BCUT2D eigenvalue weighted by molar-refractivity contribution is 9.10. The van der Waals surface area contributed by atoms with E-state index >= 15 is 0 Å². The highest BCUT2D eigenvalue weighted by atomic mass is 79.9. The van der Waals surface area contributed by atoms with Crippen LogP contribution in [0.4, 0.5) is 8.78 Å². The lowest BCUT2D eigenvalue weighted by Crippen LogP contribution is -2.25. The summed E-state index contributed by atoms with van der Waals surface area (Å²) in [7, 11) is 0. The lowest BCUT2D eigenvalue weighted by molar-refractivity contribution is -0.166. The molecule has 2 aromatic rings. The lowest BCUT2D eigenvalue weighted by Gasteiger charge is -2.12. The average molecular weight is 327 g/mol. The van der Waals surface area contributed by atoms with Gasteiger partial charge in [-0.25, -0.2) is 4.79 Å². The molecule has 2 aromatic carbocycles. The van der Waals surface area contributed by atoms with Crippen LogP contribution in [0.15, 0.2) is 53.0 Å². The lowest BCUT2D eigenvalue weighted by atomic mass is 10.0. The smallest absolute Gasteiger partial charge is 0.379 e. The highest BCUT2D eigenvalue weighted by Crippen LogP contribution is 2.30. The van der Waals surface area contributed by atoms with Crippen molar-refractivity contribution in [1.82, 2.24) is 0 Å². The Morgan fingerprint density at radius 2 is 1.37 bits per heavy atom. The minimum Gasteiger partial charge on any atom is -0.477 e. The minimum absolute atomic E-state index is 0.527. The van der Waals surface area contributed by atoms with Gasteiger partial charge in [-0.05, 0) is 23.3 Å². The standard InChI is InChI=1S/C14H9BrF2O2/c15-12-7-3-10(4-8-12)9-1-5-11(6-2-9)14(16,17)13(18)19/h1-8H,(H,18,19). The summed E-state index contributed by atoms with van der Waals surface area (Å²) < 4.78 is 27.4. The van der Waals surface area contributed by atoms with Crippen LogP contribution in [0.3, 0.4) is 0 Å². The van der Waals surface area contributed by atoms with E-state index < -0.39 is 17.5 Å². The van der Waals surface area contributed by atoms with Crippen LogP contribution in [0, 0.1) is 0 Å². The number of carboxylic acid groups (broad SMARTS) is 1. The molecular weight excluding hydrogens is 318 g/mol. The van der Waals surface area contributed by atoms with Gasteiger partial charge in [0.2, 0.25) is 0 Å². The molecule has 0 saturated heterocycles. The van der Waals surface area contributed by atoms with Crippen molar-refractivity contribution in [3.8, 4) is 11.1 Å². The number of carbonyl (C=O) groups is 1. The first-order valence-electron chi connectivity index (χ1n) is 5.39. The summed E-state index contributed by atoms with van der Waals surface area (Å²) >= 11 is 3.31. The molecule has 0 aliphatic heterocycles. The predicted molar refractivity (Wildman–Crippen MR) is 71.1 cm³/mol. The highest BCUT2D eigenvalue weighted by Gasteiger charge is 2.40. The molecule has 0 amide bonds. The first-order valence-corrected chi connectivity index (χ1v) is 6.18. The van der Waals surface area contributed by atoms with Crippen molar-refractivity contribution in [2.24, 2.45) is 0 Å². The van der Waals surface area contributed by atoms with E-state index in [1.807, 2.05) is 24.3 Å². The van der Waals surface area contributed by atoms with Crippen LogP contribution in [0.1, 0.15) is 5.56 Å². The van der Waals surface area contributed by atoms with Crippen molar-refractivity contribution >= 4 is 21.9 Å². The normalized spacial score (nSPS) is 11.3. The molecule has 0 unspecified atom stereocenters. The molecule has 0 saturated carbocycles. The minimum atomic E-state index is -3.86. The third-order valence-corrected chi connectivity index (χ3v) is 3.22. The number of benzene rings is 2. The molecule has 2 nitrogen and oxygen atoms in total. The Labute approximate surface area is 116 Å². The summed E-state index contributed by atoms with van der Waals surface area (Å²) in [5.41, 5.74) is 1.09. The largest absolute Gasteiger partial charge is 0.477 e. The predicted octanol–water partition coefficient (Wildman–Crippen LogP) is 4.29. The van der Waals surface area contributed by atoms with E-state index in [2.05, 4.69) is 15.9 Å². The molecule has 0 atom stereocenters. The number of aliphatic carboxylic acids is 1. The Hall–Kier alpha value is -1.75. The first-order chi connectivity index (χ1) is 8.91. The van der Waals surface area contributed by atoms with Gasteiger partial charge in [-0.1, -0.05) is 52.3 Å². The molecule has 0 aliphatic rings. The topological polar surface area (TPSA) is 37.3 Å². The van der Waals surface area contributed by atoms with Gasteiger partial charge < -0.3 is 5.11 Å². The summed E-state index contributed by atoms with van der Waals surface area (Å²) in [6.07, 6.45) is 0. The van der Waals surface area contributed by atoms with Gasteiger partial charge in [-0.2, -0.15) is 8.78 Å². The number of alkyl halides is 2. The Bertz CT molecular complexity index is 592. The van der Waals surface area contributed by atoms with Gasteiger partial charge >= 0.3 is 11.9 Å². The molecule has 1 N–H and O–H groups in total. The second-order valence-electron chi connectivity index (χ2n) is 3.96. The number of rotatable bonds is 3. The van der Waals surface area contributed by atoms with Gasteiger partial charge in [0.05, 0.1) is 0 Å². The van der Waals surface area contributed by atoms with Gasteiger partial charge in [-0.3, -0.25) is 0 Å². The van der Waals surface area contributed by atoms with E-state index in [0.717, 1.165) is 27.7 Å². The van der Waals surface area contributed by atoms with Crippen molar-refractivity contribution in [2.75, 3.05) is 0 Å².